The van der Waals surface area contributed by atoms with E-state index in [1.165, 1.54) is 12.8 Å². The van der Waals surface area contributed by atoms with Gasteiger partial charge in [0, 0.05) is 32.6 Å². The van der Waals surface area contributed by atoms with Gasteiger partial charge in [0.15, 0.2) is 0 Å². The van der Waals surface area contributed by atoms with Crippen LogP contribution in [0.1, 0.15) is 50.5 Å². The molecule has 0 saturated carbocycles. The second kappa shape index (κ2) is 9.06. The largest absolute Gasteiger partial charge is 0.496 e. The minimum atomic E-state index is -3.47. The third kappa shape index (κ3) is 4.82. The van der Waals surface area contributed by atoms with Gasteiger partial charge in [-0.25, -0.2) is 8.42 Å². The Morgan fingerprint density at radius 2 is 1.63 bits per heavy atom. The SMILES string of the molecule is COc1ccc(S(=O)(=O)N2CCCC2)cc1CCC(=O)N1CCCCCC1. The van der Waals surface area contributed by atoms with E-state index in [0.717, 1.165) is 44.3 Å². The molecule has 150 valence electrons. The summed E-state index contributed by atoms with van der Waals surface area (Å²) in [7, 11) is -1.89. The maximum Gasteiger partial charge on any atom is 0.243 e. The number of benzene rings is 1. The van der Waals surface area contributed by atoms with Gasteiger partial charge in [-0.05, 0) is 55.9 Å². The maximum absolute atomic E-state index is 12.8. The third-order valence-corrected chi connectivity index (χ3v) is 7.42. The molecule has 3 rings (SSSR count). The Morgan fingerprint density at radius 3 is 2.26 bits per heavy atom. The molecule has 2 aliphatic rings. The third-order valence-electron chi connectivity index (χ3n) is 5.52. The fourth-order valence-corrected chi connectivity index (χ4v) is 5.48. The summed E-state index contributed by atoms with van der Waals surface area (Å²) in [6.07, 6.45) is 7.20. The van der Waals surface area contributed by atoms with Crippen LogP contribution in [0.25, 0.3) is 0 Å². The van der Waals surface area contributed by atoms with Crippen LogP contribution in [0.5, 0.6) is 5.75 Å². The Hall–Kier alpha value is -1.60. The predicted octanol–water partition coefficient (Wildman–Crippen LogP) is 2.81. The van der Waals surface area contributed by atoms with Crippen LogP contribution in [0.3, 0.4) is 0 Å². The molecule has 27 heavy (non-hydrogen) atoms. The van der Waals surface area contributed by atoms with Gasteiger partial charge in [0.05, 0.1) is 12.0 Å². The zero-order valence-corrected chi connectivity index (χ0v) is 17.0. The molecule has 0 unspecified atom stereocenters. The van der Waals surface area contributed by atoms with E-state index in [-0.39, 0.29) is 5.91 Å². The quantitative estimate of drug-likeness (QED) is 0.744. The van der Waals surface area contributed by atoms with E-state index in [2.05, 4.69) is 0 Å². The molecular weight excluding hydrogens is 364 g/mol. The zero-order chi connectivity index (χ0) is 19.3. The summed E-state index contributed by atoms with van der Waals surface area (Å²) in [5.74, 6) is 0.783. The van der Waals surface area contributed by atoms with Crippen molar-refractivity contribution in [1.29, 1.82) is 0 Å². The molecule has 0 aromatic heterocycles. The van der Waals surface area contributed by atoms with E-state index >= 15 is 0 Å². The first-order valence-corrected chi connectivity index (χ1v) is 11.4. The Morgan fingerprint density at radius 1 is 1.00 bits per heavy atom. The van der Waals surface area contributed by atoms with Crippen molar-refractivity contribution in [2.75, 3.05) is 33.3 Å². The molecule has 2 aliphatic heterocycles. The van der Waals surface area contributed by atoms with Gasteiger partial charge >= 0.3 is 0 Å². The van der Waals surface area contributed by atoms with E-state index in [0.29, 0.717) is 36.6 Å². The number of carbonyl (C=O) groups is 1. The average molecular weight is 395 g/mol. The monoisotopic (exact) mass is 394 g/mol. The highest BCUT2D eigenvalue weighted by molar-refractivity contribution is 7.89. The summed E-state index contributed by atoms with van der Waals surface area (Å²) in [5.41, 5.74) is 0.779. The molecule has 0 atom stereocenters. The highest BCUT2D eigenvalue weighted by atomic mass is 32.2. The number of hydrogen-bond acceptors (Lipinski definition) is 4. The molecule has 1 aromatic carbocycles. The van der Waals surface area contributed by atoms with E-state index in [1.807, 2.05) is 4.90 Å². The second-order valence-electron chi connectivity index (χ2n) is 7.38. The van der Waals surface area contributed by atoms with Crippen LogP contribution in [0.2, 0.25) is 0 Å². The van der Waals surface area contributed by atoms with Gasteiger partial charge in [0.25, 0.3) is 0 Å². The van der Waals surface area contributed by atoms with Crippen molar-refractivity contribution in [3.8, 4) is 5.75 Å². The van der Waals surface area contributed by atoms with Gasteiger partial charge in [-0.3, -0.25) is 4.79 Å². The predicted molar refractivity (Wildman–Crippen MR) is 104 cm³/mol. The molecule has 1 amide bonds. The minimum Gasteiger partial charge on any atom is -0.496 e. The van der Waals surface area contributed by atoms with Crippen LogP contribution in [-0.2, 0) is 21.2 Å². The lowest BCUT2D eigenvalue weighted by molar-refractivity contribution is -0.131. The number of sulfonamides is 1. The Labute approximate surface area is 162 Å². The molecule has 2 saturated heterocycles. The van der Waals surface area contributed by atoms with Crippen molar-refractivity contribution in [3.63, 3.8) is 0 Å². The molecule has 2 fully saturated rings. The van der Waals surface area contributed by atoms with Crippen molar-refractivity contribution in [1.82, 2.24) is 9.21 Å². The molecule has 1 aromatic rings. The first kappa shape index (κ1) is 20.1. The number of methoxy groups -OCH3 is 1. The molecule has 6 nitrogen and oxygen atoms in total. The normalized spacial score (nSPS) is 19.1. The maximum atomic E-state index is 12.8. The molecule has 7 heteroatoms. The zero-order valence-electron chi connectivity index (χ0n) is 16.2. The smallest absolute Gasteiger partial charge is 0.243 e. The molecule has 0 bridgehead atoms. The number of carbonyl (C=O) groups excluding carboxylic acids is 1. The standard InChI is InChI=1S/C20H30N2O4S/c1-26-19-10-9-18(27(24,25)22-14-6-7-15-22)16-17(19)8-11-20(23)21-12-4-2-3-5-13-21/h9-10,16H,2-8,11-15H2,1H3. The van der Waals surface area contributed by atoms with Crippen LogP contribution in [0.4, 0.5) is 0 Å². The first-order chi connectivity index (χ1) is 13.0. The fraction of sp³-hybridized carbons (Fsp3) is 0.650. The first-order valence-electron chi connectivity index (χ1n) is 9.97. The Balaban J connectivity index is 1.72. The van der Waals surface area contributed by atoms with Crippen molar-refractivity contribution < 1.29 is 17.9 Å². The lowest BCUT2D eigenvalue weighted by Crippen LogP contribution is -2.32. The van der Waals surface area contributed by atoms with E-state index in [1.54, 1.807) is 29.6 Å². The Kier molecular flexibility index (Phi) is 6.76. The van der Waals surface area contributed by atoms with Crippen LogP contribution in [0, 0.1) is 0 Å². The van der Waals surface area contributed by atoms with Crippen LogP contribution in [-0.4, -0.2) is 56.8 Å². The summed E-state index contributed by atoms with van der Waals surface area (Å²) >= 11 is 0. The molecule has 0 spiro atoms. The van der Waals surface area contributed by atoms with E-state index in [9.17, 15) is 13.2 Å². The average Bonchev–Trinajstić information content (AvgIpc) is 3.09. The summed E-state index contributed by atoms with van der Waals surface area (Å²) in [4.78, 5) is 14.8. The highest BCUT2D eigenvalue weighted by Gasteiger charge is 2.28. The van der Waals surface area contributed by atoms with Crippen molar-refractivity contribution in [2.45, 2.75) is 56.3 Å². The van der Waals surface area contributed by atoms with Crippen LogP contribution >= 0.6 is 0 Å². The van der Waals surface area contributed by atoms with Crippen molar-refractivity contribution in [2.24, 2.45) is 0 Å². The van der Waals surface area contributed by atoms with Gasteiger partial charge in [-0.1, -0.05) is 12.8 Å². The summed E-state index contributed by atoms with van der Waals surface area (Å²) < 4.78 is 32.6. The molecule has 0 N–H and O–H groups in total. The van der Waals surface area contributed by atoms with Gasteiger partial charge < -0.3 is 9.64 Å². The summed E-state index contributed by atoms with van der Waals surface area (Å²) in [6.45, 7) is 2.83. The van der Waals surface area contributed by atoms with E-state index in [4.69, 9.17) is 4.74 Å². The van der Waals surface area contributed by atoms with Crippen LogP contribution in [0.15, 0.2) is 23.1 Å². The van der Waals surface area contributed by atoms with Gasteiger partial charge in [0.2, 0.25) is 15.9 Å². The molecule has 0 aliphatic carbocycles. The number of aryl methyl sites for hydroxylation is 1. The summed E-state index contributed by atoms with van der Waals surface area (Å²) in [5, 5.41) is 0. The lowest BCUT2D eigenvalue weighted by Gasteiger charge is -2.21. The molecular formula is C20H30N2O4S. The van der Waals surface area contributed by atoms with Gasteiger partial charge in [0.1, 0.15) is 5.75 Å². The van der Waals surface area contributed by atoms with Crippen LogP contribution < -0.4 is 4.74 Å². The second-order valence-corrected chi connectivity index (χ2v) is 9.32. The highest BCUT2D eigenvalue weighted by Crippen LogP contribution is 2.27. The van der Waals surface area contributed by atoms with Crippen molar-refractivity contribution in [3.05, 3.63) is 23.8 Å². The van der Waals surface area contributed by atoms with E-state index < -0.39 is 10.0 Å². The number of nitrogens with zero attached hydrogens (tertiary/aromatic N) is 2. The fourth-order valence-electron chi connectivity index (χ4n) is 3.91. The van der Waals surface area contributed by atoms with Crippen molar-refractivity contribution >= 4 is 15.9 Å². The summed E-state index contributed by atoms with van der Waals surface area (Å²) in [6, 6.07) is 4.99. The van der Waals surface area contributed by atoms with Gasteiger partial charge in [-0.15, -0.1) is 0 Å². The number of amides is 1. The number of likely N-dealkylation sites (tertiary alicyclic amines) is 1. The topological polar surface area (TPSA) is 66.9 Å². The lowest BCUT2D eigenvalue weighted by atomic mass is 10.1. The Bertz CT molecular complexity index is 749. The number of hydrogen-bond donors (Lipinski definition) is 0. The molecule has 2 heterocycles. The number of ether oxygens (including phenoxy) is 1. The number of rotatable bonds is 6. The molecule has 0 radical (unpaired) electrons. The van der Waals surface area contributed by atoms with Gasteiger partial charge in [-0.2, -0.15) is 4.31 Å². The minimum absolute atomic E-state index is 0.145.